The number of hydrogen-bond acceptors (Lipinski definition) is 6. The van der Waals surface area contributed by atoms with Gasteiger partial charge in [-0.15, -0.1) is 0 Å². The third-order valence-corrected chi connectivity index (χ3v) is 6.35. The molecule has 0 bridgehead atoms. The SMILES string of the molecule is NCC1CCN(c2nc3ccccc3s2)C(c2ncnc3[nH]ccc23)C1. The maximum absolute atomic E-state index is 6.01. The summed E-state index contributed by atoms with van der Waals surface area (Å²) in [5, 5.41) is 2.15. The van der Waals surface area contributed by atoms with Crippen molar-refractivity contribution in [3.8, 4) is 0 Å². The normalized spacial score (nSPS) is 20.9. The van der Waals surface area contributed by atoms with Crippen LogP contribution in [0.5, 0.6) is 0 Å². The topological polar surface area (TPSA) is 83.7 Å². The predicted molar refractivity (Wildman–Crippen MR) is 105 cm³/mol. The monoisotopic (exact) mass is 364 g/mol. The van der Waals surface area contributed by atoms with Crippen molar-refractivity contribution in [3.05, 3.63) is 48.5 Å². The van der Waals surface area contributed by atoms with E-state index >= 15 is 0 Å². The third kappa shape index (κ3) is 2.55. The summed E-state index contributed by atoms with van der Waals surface area (Å²) in [7, 11) is 0. The number of nitrogens with zero attached hydrogens (tertiary/aromatic N) is 4. The van der Waals surface area contributed by atoms with Gasteiger partial charge in [-0.1, -0.05) is 23.5 Å². The lowest BCUT2D eigenvalue weighted by atomic mass is 9.89. The molecule has 132 valence electrons. The van der Waals surface area contributed by atoms with Crippen LogP contribution in [0, 0.1) is 5.92 Å². The van der Waals surface area contributed by atoms with E-state index in [2.05, 4.69) is 44.1 Å². The maximum Gasteiger partial charge on any atom is 0.187 e. The van der Waals surface area contributed by atoms with Crippen LogP contribution in [-0.2, 0) is 0 Å². The molecule has 2 atom stereocenters. The summed E-state index contributed by atoms with van der Waals surface area (Å²) in [6.07, 6.45) is 5.65. The van der Waals surface area contributed by atoms with Crippen LogP contribution >= 0.6 is 11.3 Å². The van der Waals surface area contributed by atoms with E-state index in [9.17, 15) is 0 Å². The fourth-order valence-corrected chi connectivity index (χ4v) is 4.92. The number of piperidine rings is 1. The Balaban J connectivity index is 1.61. The number of hydrogen-bond donors (Lipinski definition) is 2. The number of nitrogens with two attached hydrogens (primary N) is 1. The molecule has 5 rings (SSSR count). The van der Waals surface area contributed by atoms with E-state index in [0.717, 1.165) is 46.8 Å². The second-order valence-electron chi connectivity index (χ2n) is 6.80. The molecule has 4 heterocycles. The Labute approximate surface area is 155 Å². The molecular formula is C19H20N6S. The number of rotatable bonds is 3. The Kier molecular flexibility index (Phi) is 3.83. The van der Waals surface area contributed by atoms with Gasteiger partial charge in [0.2, 0.25) is 0 Å². The van der Waals surface area contributed by atoms with Gasteiger partial charge in [0, 0.05) is 18.1 Å². The van der Waals surface area contributed by atoms with Gasteiger partial charge < -0.3 is 15.6 Å². The highest BCUT2D eigenvalue weighted by Crippen LogP contribution is 2.41. The number of anilines is 1. The zero-order chi connectivity index (χ0) is 17.5. The minimum absolute atomic E-state index is 0.166. The average molecular weight is 364 g/mol. The van der Waals surface area contributed by atoms with E-state index in [1.54, 1.807) is 17.7 Å². The number of thiazole rings is 1. The van der Waals surface area contributed by atoms with Crippen LogP contribution in [0.15, 0.2) is 42.9 Å². The van der Waals surface area contributed by atoms with Crippen molar-refractivity contribution in [2.75, 3.05) is 18.0 Å². The molecular weight excluding hydrogens is 344 g/mol. The molecule has 1 fully saturated rings. The minimum Gasteiger partial charge on any atom is -0.346 e. The molecule has 3 N–H and O–H groups in total. The van der Waals surface area contributed by atoms with Crippen LogP contribution < -0.4 is 10.6 Å². The molecule has 7 heteroatoms. The highest BCUT2D eigenvalue weighted by Gasteiger charge is 2.33. The number of benzene rings is 1. The van der Waals surface area contributed by atoms with Gasteiger partial charge in [-0.25, -0.2) is 15.0 Å². The van der Waals surface area contributed by atoms with Gasteiger partial charge in [-0.3, -0.25) is 0 Å². The van der Waals surface area contributed by atoms with Crippen molar-refractivity contribution in [1.82, 2.24) is 19.9 Å². The summed E-state index contributed by atoms with van der Waals surface area (Å²) in [6, 6.07) is 10.5. The molecule has 0 spiro atoms. The van der Waals surface area contributed by atoms with E-state index in [0.29, 0.717) is 12.5 Å². The van der Waals surface area contributed by atoms with E-state index in [4.69, 9.17) is 10.7 Å². The Morgan fingerprint density at radius 3 is 3.04 bits per heavy atom. The van der Waals surface area contributed by atoms with Crippen molar-refractivity contribution in [1.29, 1.82) is 0 Å². The van der Waals surface area contributed by atoms with Crippen molar-refractivity contribution in [2.45, 2.75) is 18.9 Å². The highest BCUT2D eigenvalue weighted by atomic mass is 32.1. The first-order chi connectivity index (χ1) is 12.8. The first-order valence-electron chi connectivity index (χ1n) is 8.94. The second kappa shape index (κ2) is 6.34. The van der Waals surface area contributed by atoms with Gasteiger partial charge in [0.25, 0.3) is 0 Å². The largest absolute Gasteiger partial charge is 0.346 e. The first kappa shape index (κ1) is 15.7. The van der Waals surface area contributed by atoms with Gasteiger partial charge in [0.05, 0.1) is 22.0 Å². The number of para-hydroxylation sites is 1. The second-order valence-corrected chi connectivity index (χ2v) is 7.81. The molecule has 1 aliphatic rings. The molecule has 4 aromatic rings. The number of aromatic amines is 1. The standard InChI is InChI=1S/C19H20N6S/c20-10-12-6-8-25(19-24-14-3-1-2-4-16(14)26-19)15(9-12)17-13-5-7-21-18(13)23-11-22-17/h1-5,7,11-12,15H,6,8-10,20H2,(H,21,22,23). The van der Waals surface area contributed by atoms with Crippen LogP contribution in [0.3, 0.4) is 0 Å². The van der Waals surface area contributed by atoms with E-state index in [1.807, 2.05) is 12.3 Å². The molecule has 2 unspecified atom stereocenters. The fourth-order valence-electron chi connectivity index (χ4n) is 3.88. The molecule has 3 aromatic heterocycles. The average Bonchev–Trinajstić information content (AvgIpc) is 3.33. The molecule has 0 saturated carbocycles. The Morgan fingerprint density at radius 1 is 1.23 bits per heavy atom. The van der Waals surface area contributed by atoms with Crippen LogP contribution in [0.4, 0.5) is 5.13 Å². The minimum atomic E-state index is 0.166. The smallest absolute Gasteiger partial charge is 0.187 e. The summed E-state index contributed by atoms with van der Waals surface area (Å²) in [5.41, 5.74) is 9.02. The third-order valence-electron chi connectivity index (χ3n) is 5.27. The quantitative estimate of drug-likeness (QED) is 0.581. The predicted octanol–water partition coefficient (Wildman–Crippen LogP) is 3.48. The summed E-state index contributed by atoms with van der Waals surface area (Å²) in [4.78, 5) is 19.5. The van der Waals surface area contributed by atoms with Gasteiger partial charge in [-0.2, -0.15) is 0 Å². The lowest BCUT2D eigenvalue weighted by Crippen LogP contribution is -2.39. The Bertz CT molecular complexity index is 1020. The zero-order valence-corrected chi connectivity index (χ0v) is 15.1. The highest BCUT2D eigenvalue weighted by molar-refractivity contribution is 7.22. The Hall–Kier alpha value is -2.51. The molecule has 0 radical (unpaired) electrons. The molecule has 26 heavy (non-hydrogen) atoms. The van der Waals surface area contributed by atoms with Crippen molar-refractivity contribution in [2.24, 2.45) is 11.7 Å². The number of nitrogens with one attached hydrogen (secondary N) is 1. The summed E-state index contributed by atoms with van der Waals surface area (Å²) >= 11 is 1.75. The van der Waals surface area contributed by atoms with Crippen LogP contribution in [-0.4, -0.2) is 33.0 Å². The zero-order valence-electron chi connectivity index (χ0n) is 14.3. The van der Waals surface area contributed by atoms with E-state index in [-0.39, 0.29) is 6.04 Å². The van der Waals surface area contributed by atoms with Crippen molar-refractivity contribution in [3.63, 3.8) is 0 Å². The lowest BCUT2D eigenvalue weighted by Gasteiger charge is -2.39. The summed E-state index contributed by atoms with van der Waals surface area (Å²) < 4.78 is 1.22. The molecule has 6 nitrogen and oxygen atoms in total. The fraction of sp³-hybridized carbons (Fsp3) is 0.316. The Morgan fingerprint density at radius 2 is 2.15 bits per heavy atom. The molecule has 1 saturated heterocycles. The summed E-state index contributed by atoms with van der Waals surface area (Å²) in [5.74, 6) is 0.509. The van der Waals surface area contributed by atoms with Gasteiger partial charge >= 0.3 is 0 Å². The van der Waals surface area contributed by atoms with Gasteiger partial charge in [-0.05, 0) is 43.5 Å². The van der Waals surface area contributed by atoms with Gasteiger partial charge in [0.15, 0.2) is 5.13 Å². The van der Waals surface area contributed by atoms with Crippen molar-refractivity contribution < 1.29 is 0 Å². The van der Waals surface area contributed by atoms with Crippen molar-refractivity contribution >= 4 is 37.7 Å². The summed E-state index contributed by atoms with van der Waals surface area (Å²) in [6.45, 7) is 1.66. The molecule has 0 aliphatic carbocycles. The lowest BCUT2D eigenvalue weighted by molar-refractivity contribution is 0.349. The maximum atomic E-state index is 6.01. The van der Waals surface area contributed by atoms with Crippen LogP contribution in [0.2, 0.25) is 0 Å². The van der Waals surface area contributed by atoms with Crippen LogP contribution in [0.1, 0.15) is 24.6 Å². The number of H-pyrrole nitrogens is 1. The van der Waals surface area contributed by atoms with Crippen LogP contribution in [0.25, 0.3) is 21.3 Å². The van der Waals surface area contributed by atoms with Gasteiger partial charge in [0.1, 0.15) is 12.0 Å². The first-order valence-corrected chi connectivity index (χ1v) is 9.75. The molecule has 1 aromatic carbocycles. The van der Waals surface area contributed by atoms with E-state index < -0.39 is 0 Å². The number of aromatic nitrogens is 4. The molecule has 1 aliphatic heterocycles. The molecule has 0 amide bonds. The van der Waals surface area contributed by atoms with E-state index in [1.165, 1.54) is 4.70 Å². The number of fused-ring (bicyclic) bond motifs is 2.